The van der Waals surface area contributed by atoms with Crippen LogP contribution in [0.4, 0.5) is 11.6 Å². The number of hydrogen-bond acceptors (Lipinski definition) is 13. The van der Waals surface area contributed by atoms with E-state index in [9.17, 15) is 19.2 Å². The van der Waals surface area contributed by atoms with Crippen LogP contribution >= 0.6 is 23.2 Å². The molecule has 0 saturated carbocycles. The van der Waals surface area contributed by atoms with Gasteiger partial charge in [-0.2, -0.15) is 0 Å². The molecule has 8 heterocycles. The third kappa shape index (κ3) is 15.6. The van der Waals surface area contributed by atoms with Crippen molar-refractivity contribution < 1.29 is 33.1 Å². The predicted octanol–water partition coefficient (Wildman–Crippen LogP) is 11.5. The summed E-state index contributed by atoms with van der Waals surface area (Å²) in [5.41, 5.74) is 20.3. The molecule has 0 spiro atoms. The fraction of sp³-hybridized carbons (Fsp3) is 0.267. The zero-order chi connectivity index (χ0) is 54.4. The summed E-state index contributed by atoms with van der Waals surface area (Å²) in [6.45, 7) is 7.50. The van der Waals surface area contributed by atoms with E-state index in [0.29, 0.717) is 67.0 Å². The van der Waals surface area contributed by atoms with Crippen molar-refractivity contribution >= 4 is 92.4 Å². The van der Waals surface area contributed by atoms with E-state index >= 15 is 0 Å². The Bertz CT molecular complexity index is 3400. The number of nitrogens with two attached hydrogens (primary N) is 2. The van der Waals surface area contributed by atoms with Crippen molar-refractivity contribution in [2.24, 2.45) is 0 Å². The van der Waals surface area contributed by atoms with Gasteiger partial charge in [-0.05, 0) is 184 Å². The number of pyridine rings is 4. The summed E-state index contributed by atoms with van der Waals surface area (Å²) in [6, 6.07) is 25.8. The number of furan rings is 2. The number of amides is 1. The molecule has 8 aromatic rings. The van der Waals surface area contributed by atoms with Gasteiger partial charge in [0.25, 0.3) is 5.91 Å². The molecule has 17 heteroatoms. The van der Waals surface area contributed by atoms with Crippen molar-refractivity contribution in [3.8, 4) is 22.5 Å². The van der Waals surface area contributed by atoms with E-state index in [0.717, 1.165) is 111 Å². The molecule has 2 saturated heterocycles. The SMILES string of the molecule is Cc1cc(-c2ccc(C(=O)N3CCC(Cl)CC3)cn2)cc2cc(CCC(=O)/C=C/c3ccc(N)nc3)oc12.Cc1cc(-c2ccc(C(=O)O)cn2)cc2cc(CCC(=O)/C=C/c3ccc(N)nc3)oc12.ClC1CCNCC1. The molecule has 0 aliphatic carbocycles. The molecule has 2 aliphatic heterocycles. The first-order chi connectivity index (χ1) is 37.1. The zero-order valence-electron chi connectivity index (χ0n) is 42.9. The first kappa shape index (κ1) is 55.3. The largest absolute Gasteiger partial charge is 0.478 e. The van der Waals surface area contributed by atoms with Crippen LogP contribution in [0.2, 0.25) is 0 Å². The maximum absolute atomic E-state index is 12.8. The Hall–Kier alpha value is -7.98. The highest BCUT2D eigenvalue weighted by molar-refractivity contribution is 6.21. The van der Waals surface area contributed by atoms with Gasteiger partial charge >= 0.3 is 5.97 Å². The number of nitrogens with zero attached hydrogens (tertiary/aromatic N) is 5. The summed E-state index contributed by atoms with van der Waals surface area (Å²) in [6.07, 6.45) is 18.3. The number of aromatic nitrogens is 4. The van der Waals surface area contributed by atoms with Gasteiger partial charge in [0.15, 0.2) is 11.6 Å². The molecule has 1 amide bonds. The lowest BCUT2D eigenvalue weighted by atomic mass is 10.0. The number of rotatable bonds is 14. The number of ketones is 2. The summed E-state index contributed by atoms with van der Waals surface area (Å²) >= 11 is 11.9. The van der Waals surface area contributed by atoms with Crippen LogP contribution in [0.3, 0.4) is 0 Å². The summed E-state index contributed by atoms with van der Waals surface area (Å²) in [4.78, 5) is 67.1. The minimum atomic E-state index is -1.01. The number of benzene rings is 2. The number of anilines is 2. The number of carboxylic acids is 1. The lowest BCUT2D eigenvalue weighted by molar-refractivity contribution is -0.115. The van der Waals surface area contributed by atoms with Gasteiger partial charge < -0.3 is 35.6 Å². The fourth-order valence-corrected chi connectivity index (χ4v) is 9.19. The molecular weight excluding hydrogens is 1020 g/mol. The standard InChI is InChI=1S/C30H29ClN4O3.C25H21N3O4.C5H10ClN/c1-19-14-22(27-8-4-21(18-33-27)30(37)35-12-10-24(31)11-13-35)15-23-16-26(38-29(19)23)7-6-25(36)5-2-20-3-9-28(32)34-17-20;1-15-10-18(22-8-4-17(14-27-22)25(30)31)11-19-12-21(32-24(15)19)7-6-20(29)5-2-16-3-9-23(26)28-13-16;6-5-1-3-7-4-2-5/h2-5,8-9,14-18,24H,6-7,10-13H2,1H3,(H2,32,34);2-5,8-14H,6-7H2,1H3,(H2,26,28)(H,30,31);5,7H,1-4H2/b2*5-2+;. The Morgan fingerprint density at radius 1 is 0.623 bits per heavy atom. The van der Waals surface area contributed by atoms with Gasteiger partial charge in [0, 0.05) is 96.2 Å². The Morgan fingerprint density at radius 2 is 1.09 bits per heavy atom. The Kier molecular flexibility index (Phi) is 18.8. The van der Waals surface area contributed by atoms with Crippen LogP contribution in [0, 0.1) is 13.8 Å². The number of aryl methyl sites for hydroxylation is 4. The molecule has 0 atom stereocenters. The van der Waals surface area contributed by atoms with E-state index in [1.165, 1.54) is 18.3 Å². The van der Waals surface area contributed by atoms with E-state index in [1.807, 2.05) is 73.3 Å². The predicted molar refractivity (Wildman–Crippen MR) is 304 cm³/mol. The highest BCUT2D eigenvalue weighted by atomic mass is 35.5. The summed E-state index contributed by atoms with van der Waals surface area (Å²) in [7, 11) is 0. The molecular formula is C60H60Cl2N8O7. The van der Waals surface area contributed by atoms with Gasteiger partial charge in [-0.25, -0.2) is 14.8 Å². The van der Waals surface area contributed by atoms with E-state index in [2.05, 4.69) is 25.3 Å². The first-order valence-corrected chi connectivity index (χ1v) is 26.4. The van der Waals surface area contributed by atoms with Crippen LogP contribution < -0.4 is 16.8 Å². The lowest BCUT2D eigenvalue weighted by Gasteiger charge is -2.29. The van der Waals surface area contributed by atoms with Crippen LogP contribution in [0.1, 0.15) is 93.0 Å². The number of likely N-dealkylation sites (tertiary alicyclic amines) is 1. The fourth-order valence-electron chi connectivity index (χ4n) is 8.78. The molecule has 15 nitrogen and oxygen atoms in total. The van der Waals surface area contributed by atoms with Gasteiger partial charge in [-0.1, -0.05) is 0 Å². The van der Waals surface area contributed by atoms with E-state index in [4.69, 9.17) is 48.6 Å². The van der Waals surface area contributed by atoms with Crippen molar-refractivity contribution in [2.45, 2.75) is 76.0 Å². The topological polar surface area (TPSA) is 234 Å². The quantitative estimate of drug-likeness (QED) is 0.0586. The van der Waals surface area contributed by atoms with E-state index in [-0.39, 0.29) is 28.4 Å². The normalized spacial score (nSPS) is 14.1. The van der Waals surface area contributed by atoms with Crippen LogP contribution in [-0.2, 0) is 22.4 Å². The molecule has 77 heavy (non-hydrogen) atoms. The highest BCUT2D eigenvalue weighted by Crippen LogP contribution is 2.32. The molecule has 6 N–H and O–H groups in total. The van der Waals surface area contributed by atoms with Crippen molar-refractivity contribution in [1.82, 2.24) is 30.2 Å². The molecule has 0 unspecified atom stereocenters. The number of halogens is 2. The van der Waals surface area contributed by atoms with Gasteiger partial charge in [-0.15, -0.1) is 23.2 Å². The molecule has 0 radical (unpaired) electrons. The molecule has 2 aromatic carbocycles. The molecule has 2 aliphatic rings. The molecule has 10 rings (SSSR count). The maximum Gasteiger partial charge on any atom is 0.337 e. The van der Waals surface area contributed by atoms with Crippen LogP contribution in [0.25, 0.3) is 56.6 Å². The van der Waals surface area contributed by atoms with Crippen molar-refractivity contribution in [1.29, 1.82) is 0 Å². The first-order valence-electron chi connectivity index (χ1n) is 25.5. The number of nitrogens with one attached hydrogen (secondary N) is 1. The summed E-state index contributed by atoms with van der Waals surface area (Å²) < 4.78 is 12.0. The van der Waals surface area contributed by atoms with Crippen LogP contribution in [-0.4, -0.2) is 90.3 Å². The van der Waals surface area contributed by atoms with Crippen molar-refractivity contribution in [3.05, 3.63) is 167 Å². The number of nitrogen functional groups attached to an aromatic ring is 2. The Balaban J connectivity index is 0.000000182. The highest BCUT2D eigenvalue weighted by Gasteiger charge is 2.23. The number of carbonyl (C=O) groups is 4. The second-order valence-corrected chi connectivity index (χ2v) is 20.3. The smallest absolute Gasteiger partial charge is 0.337 e. The average molecular weight is 1080 g/mol. The number of piperidine rings is 2. The molecule has 396 valence electrons. The second-order valence-electron chi connectivity index (χ2n) is 19.0. The van der Waals surface area contributed by atoms with Crippen molar-refractivity contribution in [2.75, 3.05) is 37.6 Å². The zero-order valence-corrected chi connectivity index (χ0v) is 44.4. The number of hydrogen-bond donors (Lipinski definition) is 4. The average Bonchev–Trinajstić information content (AvgIpc) is 4.11. The minimum absolute atomic E-state index is 0.00515. The lowest BCUT2D eigenvalue weighted by Crippen LogP contribution is -2.38. The van der Waals surface area contributed by atoms with Gasteiger partial charge in [0.2, 0.25) is 0 Å². The maximum atomic E-state index is 12.8. The number of allylic oxidation sites excluding steroid dienone is 2. The third-order valence-electron chi connectivity index (χ3n) is 13.1. The van der Waals surface area contributed by atoms with E-state index in [1.54, 1.807) is 61.1 Å². The minimum Gasteiger partial charge on any atom is -0.478 e. The summed E-state index contributed by atoms with van der Waals surface area (Å²) in [5, 5.41) is 14.7. The van der Waals surface area contributed by atoms with Crippen molar-refractivity contribution in [3.63, 3.8) is 0 Å². The number of carboxylic acid groups (broad SMARTS) is 1. The second kappa shape index (κ2) is 26.2. The Morgan fingerprint density at radius 3 is 1.49 bits per heavy atom. The van der Waals surface area contributed by atoms with Crippen LogP contribution in [0.15, 0.2) is 131 Å². The van der Waals surface area contributed by atoms with Gasteiger partial charge in [0.1, 0.15) is 34.3 Å². The van der Waals surface area contributed by atoms with Gasteiger partial charge in [-0.3, -0.25) is 24.4 Å². The monoisotopic (exact) mass is 1070 g/mol. The molecule has 6 aromatic heterocycles. The van der Waals surface area contributed by atoms with E-state index < -0.39 is 5.97 Å². The molecule has 2 fully saturated rings. The van der Waals surface area contributed by atoms with Crippen LogP contribution in [0.5, 0.6) is 0 Å². The third-order valence-corrected chi connectivity index (χ3v) is 13.9. The molecule has 0 bridgehead atoms. The number of fused-ring (bicyclic) bond motifs is 2. The number of carbonyl (C=O) groups excluding carboxylic acids is 3. The number of alkyl halides is 2. The summed E-state index contributed by atoms with van der Waals surface area (Å²) in [5.74, 6) is 1.34. The number of aromatic carboxylic acids is 1. The van der Waals surface area contributed by atoms with Gasteiger partial charge in [0.05, 0.1) is 22.5 Å². The Labute approximate surface area is 456 Å².